The van der Waals surface area contributed by atoms with Gasteiger partial charge in [-0.1, -0.05) is 11.8 Å². The van der Waals surface area contributed by atoms with Crippen molar-refractivity contribution in [1.82, 2.24) is 10.3 Å². The monoisotopic (exact) mass is 284 g/mol. The highest BCUT2D eigenvalue weighted by atomic mass is 32.2. The van der Waals surface area contributed by atoms with Crippen LogP contribution in [0, 0.1) is 13.8 Å². The first kappa shape index (κ1) is 14.4. The number of aryl methyl sites for hydroxylation is 2. The molecule has 2 unspecified atom stereocenters. The van der Waals surface area contributed by atoms with Crippen LogP contribution < -0.4 is 5.32 Å². The molecular weight excluding hydrogens is 264 g/mol. The maximum Gasteiger partial charge on any atom is 0.323 e. The number of carboxylic acid groups (broad SMARTS) is 1. The summed E-state index contributed by atoms with van der Waals surface area (Å²) >= 11 is 1.55. The van der Waals surface area contributed by atoms with Crippen molar-refractivity contribution in [2.24, 2.45) is 0 Å². The molecular formula is C13H20N2O3S. The fourth-order valence-electron chi connectivity index (χ4n) is 2.49. The van der Waals surface area contributed by atoms with Gasteiger partial charge in [0.15, 0.2) is 0 Å². The van der Waals surface area contributed by atoms with E-state index in [1.165, 1.54) is 0 Å². The smallest absolute Gasteiger partial charge is 0.323 e. The minimum absolute atomic E-state index is 0.231. The van der Waals surface area contributed by atoms with Gasteiger partial charge in [0.2, 0.25) is 0 Å². The zero-order chi connectivity index (χ0) is 14.0. The average Bonchev–Trinajstić information content (AvgIpc) is 2.68. The van der Waals surface area contributed by atoms with Crippen molar-refractivity contribution in [3.63, 3.8) is 0 Å². The molecule has 0 bridgehead atoms. The second kappa shape index (κ2) is 5.54. The Morgan fingerprint density at radius 1 is 1.58 bits per heavy atom. The van der Waals surface area contributed by atoms with Gasteiger partial charge >= 0.3 is 5.97 Å². The van der Waals surface area contributed by atoms with Gasteiger partial charge < -0.3 is 14.8 Å². The zero-order valence-electron chi connectivity index (χ0n) is 11.5. The van der Waals surface area contributed by atoms with Crippen molar-refractivity contribution < 1.29 is 14.3 Å². The van der Waals surface area contributed by atoms with Crippen molar-refractivity contribution in [2.45, 2.75) is 55.5 Å². The molecule has 5 nitrogen and oxygen atoms in total. The molecule has 0 amide bonds. The lowest BCUT2D eigenvalue weighted by molar-refractivity contribution is -0.146. The highest BCUT2D eigenvalue weighted by Crippen LogP contribution is 2.38. The molecule has 1 heterocycles. The van der Waals surface area contributed by atoms with Crippen LogP contribution in [-0.2, 0) is 4.79 Å². The molecule has 0 aliphatic heterocycles. The molecule has 1 saturated carbocycles. The van der Waals surface area contributed by atoms with Gasteiger partial charge in [0.05, 0.1) is 5.69 Å². The molecule has 6 heteroatoms. The van der Waals surface area contributed by atoms with Crippen LogP contribution in [0.15, 0.2) is 9.64 Å². The summed E-state index contributed by atoms with van der Waals surface area (Å²) in [7, 11) is 1.72. The van der Waals surface area contributed by atoms with E-state index >= 15 is 0 Å². The zero-order valence-corrected chi connectivity index (χ0v) is 12.3. The Balaban J connectivity index is 2.07. The minimum atomic E-state index is -0.799. The van der Waals surface area contributed by atoms with Gasteiger partial charge in [-0.05, 0) is 46.6 Å². The second-order valence-electron chi connectivity index (χ2n) is 5.09. The average molecular weight is 284 g/mol. The molecule has 1 aromatic rings. The number of aromatic nitrogens is 1. The van der Waals surface area contributed by atoms with E-state index in [9.17, 15) is 9.90 Å². The summed E-state index contributed by atoms with van der Waals surface area (Å²) in [5.74, 6) is 0.0662. The van der Waals surface area contributed by atoms with Crippen LogP contribution in [0.2, 0.25) is 0 Å². The summed E-state index contributed by atoms with van der Waals surface area (Å²) in [6.45, 7) is 3.81. The Labute approximate surface area is 117 Å². The summed E-state index contributed by atoms with van der Waals surface area (Å²) in [4.78, 5) is 15.8. The quantitative estimate of drug-likeness (QED) is 0.884. The number of carboxylic acids is 1. The topological polar surface area (TPSA) is 75.4 Å². The molecule has 2 rings (SSSR count). The first-order chi connectivity index (χ1) is 8.97. The van der Waals surface area contributed by atoms with E-state index in [1.807, 2.05) is 13.8 Å². The van der Waals surface area contributed by atoms with Crippen molar-refractivity contribution in [1.29, 1.82) is 0 Å². The molecule has 0 spiro atoms. The maximum absolute atomic E-state index is 11.5. The predicted molar refractivity (Wildman–Crippen MR) is 73.5 cm³/mol. The number of thioether (sulfide) groups is 1. The molecule has 19 heavy (non-hydrogen) atoms. The Morgan fingerprint density at radius 2 is 2.32 bits per heavy atom. The second-order valence-corrected chi connectivity index (χ2v) is 6.35. The third kappa shape index (κ3) is 2.95. The van der Waals surface area contributed by atoms with Crippen LogP contribution in [-0.4, -0.2) is 33.9 Å². The normalized spacial score (nSPS) is 27.4. The number of aliphatic carboxylic acids is 1. The first-order valence-electron chi connectivity index (χ1n) is 6.50. The van der Waals surface area contributed by atoms with E-state index in [2.05, 4.69) is 10.3 Å². The molecule has 0 radical (unpaired) electrons. The number of nitrogens with one attached hydrogen (secondary N) is 1. The highest BCUT2D eigenvalue weighted by Gasteiger charge is 2.42. The number of rotatable bonds is 4. The third-order valence-corrected chi connectivity index (χ3v) is 4.98. The molecule has 2 atom stereocenters. The molecule has 1 aliphatic rings. The molecule has 0 saturated heterocycles. The van der Waals surface area contributed by atoms with Crippen LogP contribution in [0.3, 0.4) is 0 Å². The fourth-order valence-corrected chi connectivity index (χ4v) is 3.79. The number of carbonyl (C=O) groups is 1. The van der Waals surface area contributed by atoms with Crippen LogP contribution in [0.1, 0.15) is 37.1 Å². The van der Waals surface area contributed by atoms with Gasteiger partial charge in [-0.25, -0.2) is 4.98 Å². The Morgan fingerprint density at radius 3 is 2.84 bits per heavy atom. The van der Waals surface area contributed by atoms with Crippen molar-refractivity contribution in [3.8, 4) is 0 Å². The Kier molecular flexibility index (Phi) is 4.20. The van der Waals surface area contributed by atoms with Crippen molar-refractivity contribution >= 4 is 17.7 Å². The van der Waals surface area contributed by atoms with E-state index in [0.29, 0.717) is 18.1 Å². The number of oxazole rings is 1. The van der Waals surface area contributed by atoms with Crippen molar-refractivity contribution in [2.75, 3.05) is 7.05 Å². The lowest BCUT2D eigenvalue weighted by Gasteiger charge is -2.36. The summed E-state index contributed by atoms with van der Waals surface area (Å²) in [5, 5.41) is 13.3. The number of nitrogens with zero attached hydrogens (tertiary/aromatic N) is 1. The Bertz CT molecular complexity index is 455. The van der Waals surface area contributed by atoms with Gasteiger partial charge in [-0.15, -0.1) is 0 Å². The van der Waals surface area contributed by atoms with Gasteiger partial charge in [-0.3, -0.25) is 4.79 Å². The van der Waals surface area contributed by atoms with Gasteiger partial charge in [0, 0.05) is 5.25 Å². The third-order valence-electron chi connectivity index (χ3n) is 3.87. The maximum atomic E-state index is 11.5. The summed E-state index contributed by atoms with van der Waals surface area (Å²) in [6.07, 6.45) is 3.19. The number of likely N-dealkylation sites (N-methyl/N-ethyl adjacent to an activating group) is 1. The van der Waals surface area contributed by atoms with Crippen LogP contribution in [0.25, 0.3) is 0 Å². The van der Waals surface area contributed by atoms with E-state index in [1.54, 1.807) is 18.8 Å². The lowest BCUT2D eigenvalue weighted by atomic mass is 9.81. The van der Waals surface area contributed by atoms with Gasteiger partial charge in [0.1, 0.15) is 11.3 Å². The fraction of sp³-hybridized carbons (Fsp3) is 0.692. The van der Waals surface area contributed by atoms with Crippen LogP contribution >= 0.6 is 11.8 Å². The van der Waals surface area contributed by atoms with Crippen molar-refractivity contribution in [3.05, 3.63) is 11.5 Å². The van der Waals surface area contributed by atoms with E-state index in [-0.39, 0.29) is 5.25 Å². The largest absolute Gasteiger partial charge is 0.480 e. The van der Waals surface area contributed by atoms with Crippen LogP contribution in [0.4, 0.5) is 0 Å². The lowest BCUT2D eigenvalue weighted by Crippen LogP contribution is -2.53. The molecule has 106 valence electrons. The summed E-state index contributed by atoms with van der Waals surface area (Å²) < 4.78 is 5.56. The number of hydrogen-bond donors (Lipinski definition) is 2. The van der Waals surface area contributed by atoms with E-state index < -0.39 is 11.5 Å². The minimum Gasteiger partial charge on any atom is -0.480 e. The Hall–Kier alpha value is -1.01. The first-order valence-corrected chi connectivity index (χ1v) is 7.38. The molecule has 1 aromatic heterocycles. The van der Waals surface area contributed by atoms with Gasteiger partial charge in [-0.2, -0.15) is 0 Å². The molecule has 2 N–H and O–H groups in total. The standard InChI is InChI=1S/C13H20N2O3S/c1-8-9(2)18-12(15-8)19-10-5-4-6-13(7-10,14-3)11(16)17/h10,14H,4-7H2,1-3H3,(H,16,17). The SMILES string of the molecule is CNC1(C(=O)O)CCCC(Sc2nc(C)c(C)o2)C1. The van der Waals surface area contributed by atoms with Gasteiger partial charge in [0.25, 0.3) is 5.22 Å². The molecule has 1 fully saturated rings. The highest BCUT2D eigenvalue weighted by molar-refractivity contribution is 7.99. The van der Waals surface area contributed by atoms with E-state index in [4.69, 9.17) is 4.42 Å². The summed E-state index contributed by atoms with van der Waals surface area (Å²) in [6, 6.07) is 0. The number of hydrogen-bond acceptors (Lipinski definition) is 5. The van der Waals surface area contributed by atoms with E-state index in [0.717, 1.165) is 24.3 Å². The molecule has 1 aliphatic carbocycles. The summed E-state index contributed by atoms with van der Waals surface area (Å²) in [5.41, 5.74) is 0.100. The predicted octanol–water partition coefficient (Wildman–Crippen LogP) is 2.37. The van der Waals surface area contributed by atoms with Crippen LogP contribution in [0.5, 0.6) is 0 Å². The molecule has 0 aromatic carbocycles.